The van der Waals surface area contributed by atoms with E-state index in [0.29, 0.717) is 22.9 Å². The summed E-state index contributed by atoms with van der Waals surface area (Å²) in [4.78, 5) is 23.1. The first kappa shape index (κ1) is 18.5. The lowest BCUT2D eigenvalue weighted by atomic mass is 10.2. The van der Waals surface area contributed by atoms with Crippen LogP contribution in [-0.4, -0.2) is 31.3 Å². The van der Waals surface area contributed by atoms with E-state index < -0.39 is 5.97 Å². The molecule has 0 aromatic heterocycles. The van der Waals surface area contributed by atoms with Crippen LogP contribution in [0.25, 0.3) is 0 Å². The zero-order valence-electron chi connectivity index (χ0n) is 13.6. The summed E-state index contributed by atoms with van der Waals surface area (Å²) >= 11 is 5.77. The van der Waals surface area contributed by atoms with E-state index in [-0.39, 0.29) is 12.5 Å². The largest absolute Gasteiger partial charge is 0.482 e. The Balaban J connectivity index is 1.83. The molecule has 130 valence electrons. The van der Waals surface area contributed by atoms with Crippen LogP contribution in [0.3, 0.4) is 0 Å². The van der Waals surface area contributed by atoms with E-state index in [9.17, 15) is 9.59 Å². The van der Waals surface area contributed by atoms with Gasteiger partial charge >= 0.3 is 5.97 Å². The second-order valence-corrected chi connectivity index (χ2v) is 5.31. The van der Waals surface area contributed by atoms with Crippen molar-refractivity contribution < 1.29 is 19.1 Å². The number of hydrogen-bond acceptors (Lipinski definition) is 5. The molecule has 0 unspecified atom stereocenters. The topological polar surface area (TPSA) is 77.0 Å². The van der Waals surface area contributed by atoms with Gasteiger partial charge in [-0.1, -0.05) is 11.6 Å². The monoisotopic (exact) mass is 360 g/mol. The van der Waals surface area contributed by atoms with Crippen molar-refractivity contribution in [1.82, 2.24) is 5.43 Å². The third kappa shape index (κ3) is 6.27. The maximum Gasteiger partial charge on any atom is 0.344 e. The van der Waals surface area contributed by atoms with Gasteiger partial charge in [-0.3, -0.25) is 4.79 Å². The molecule has 0 aliphatic rings. The third-order valence-corrected chi connectivity index (χ3v) is 3.28. The predicted octanol–water partition coefficient (Wildman–Crippen LogP) is 3.05. The van der Waals surface area contributed by atoms with Crippen LogP contribution in [0.15, 0.2) is 53.6 Å². The highest BCUT2D eigenvalue weighted by atomic mass is 35.5. The van der Waals surface area contributed by atoms with Gasteiger partial charge in [0.05, 0.1) is 12.8 Å². The van der Waals surface area contributed by atoms with E-state index in [4.69, 9.17) is 21.1 Å². The van der Waals surface area contributed by atoms with Crippen molar-refractivity contribution in [2.45, 2.75) is 6.92 Å². The van der Waals surface area contributed by atoms with Gasteiger partial charge < -0.3 is 9.47 Å². The van der Waals surface area contributed by atoms with Crippen molar-refractivity contribution in [3.05, 3.63) is 64.7 Å². The Bertz CT molecular complexity index is 743. The summed E-state index contributed by atoms with van der Waals surface area (Å²) in [6.07, 6.45) is 1.50. The predicted molar refractivity (Wildman–Crippen MR) is 95.1 cm³/mol. The maximum absolute atomic E-state index is 11.9. The Morgan fingerprint density at radius 2 is 1.80 bits per heavy atom. The van der Waals surface area contributed by atoms with Crippen LogP contribution in [0.2, 0.25) is 5.02 Å². The van der Waals surface area contributed by atoms with Gasteiger partial charge in [0.2, 0.25) is 0 Å². The van der Waals surface area contributed by atoms with E-state index >= 15 is 0 Å². The number of benzene rings is 2. The van der Waals surface area contributed by atoms with Crippen LogP contribution >= 0.6 is 11.6 Å². The van der Waals surface area contributed by atoms with E-state index in [0.717, 1.165) is 5.56 Å². The average molecular weight is 361 g/mol. The summed E-state index contributed by atoms with van der Waals surface area (Å²) in [5, 5.41) is 4.46. The Kier molecular flexibility index (Phi) is 6.98. The molecule has 0 radical (unpaired) electrons. The van der Waals surface area contributed by atoms with Gasteiger partial charge in [0.25, 0.3) is 5.91 Å². The van der Waals surface area contributed by atoms with E-state index in [1.54, 1.807) is 55.5 Å². The molecule has 0 bridgehead atoms. The van der Waals surface area contributed by atoms with Gasteiger partial charge in [-0.25, -0.2) is 10.2 Å². The number of ether oxygens (including phenoxy) is 2. The molecular formula is C18H17ClN2O4. The van der Waals surface area contributed by atoms with Gasteiger partial charge in [0.15, 0.2) is 6.61 Å². The molecule has 1 amide bonds. The number of carbonyl (C=O) groups excluding carboxylic acids is 2. The molecule has 1 N–H and O–H groups in total. The van der Waals surface area contributed by atoms with Crippen molar-refractivity contribution in [2.24, 2.45) is 5.10 Å². The molecule has 0 saturated heterocycles. The molecule has 0 atom stereocenters. The second-order valence-electron chi connectivity index (χ2n) is 4.87. The van der Waals surface area contributed by atoms with Crippen LogP contribution in [0.5, 0.6) is 5.75 Å². The van der Waals surface area contributed by atoms with Crippen molar-refractivity contribution in [3.8, 4) is 5.75 Å². The van der Waals surface area contributed by atoms with Crippen LogP contribution in [0, 0.1) is 0 Å². The SMILES string of the molecule is CCOC(=O)COc1ccc(/C=N/NC(=O)c2ccc(Cl)cc2)cc1. The normalized spacial score (nSPS) is 10.5. The molecule has 6 nitrogen and oxygen atoms in total. The number of nitrogens with one attached hydrogen (secondary N) is 1. The minimum Gasteiger partial charge on any atom is -0.482 e. The summed E-state index contributed by atoms with van der Waals surface area (Å²) in [7, 11) is 0. The van der Waals surface area contributed by atoms with E-state index in [1.807, 2.05) is 0 Å². The lowest BCUT2D eigenvalue weighted by Gasteiger charge is -2.05. The molecule has 25 heavy (non-hydrogen) atoms. The molecule has 2 aromatic rings. The lowest BCUT2D eigenvalue weighted by Crippen LogP contribution is -2.17. The van der Waals surface area contributed by atoms with Gasteiger partial charge in [0.1, 0.15) is 5.75 Å². The number of rotatable bonds is 7. The molecule has 0 aliphatic heterocycles. The number of esters is 1. The Hall–Kier alpha value is -2.86. The molecule has 2 rings (SSSR count). The van der Waals surface area contributed by atoms with Crippen LogP contribution in [0.1, 0.15) is 22.8 Å². The highest BCUT2D eigenvalue weighted by Gasteiger charge is 2.04. The number of nitrogens with zero attached hydrogens (tertiary/aromatic N) is 1. The molecule has 0 fully saturated rings. The third-order valence-electron chi connectivity index (χ3n) is 3.03. The Morgan fingerprint density at radius 3 is 2.44 bits per heavy atom. The smallest absolute Gasteiger partial charge is 0.344 e. The fraction of sp³-hybridized carbons (Fsp3) is 0.167. The van der Waals surface area contributed by atoms with E-state index in [2.05, 4.69) is 10.5 Å². The number of carbonyl (C=O) groups is 2. The zero-order valence-corrected chi connectivity index (χ0v) is 14.3. The van der Waals surface area contributed by atoms with Crippen molar-refractivity contribution >= 4 is 29.7 Å². The number of hydrogen-bond donors (Lipinski definition) is 1. The maximum atomic E-state index is 11.9. The average Bonchev–Trinajstić information content (AvgIpc) is 2.62. The summed E-state index contributed by atoms with van der Waals surface area (Å²) in [6.45, 7) is 1.91. The molecule has 0 heterocycles. The van der Waals surface area contributed by atoms with E-state index in [1.165, 1.54) is 6.21 Å². The standard InChI is InChI=1S/C18H17ClN2O4/c1-2-24-17(22)12-25-16-9-3-13(4-10-16)11-20-21-18(23)14-5-7-15(19)8-6-14/h3-11H,2,12H2,1H3,(H,21,23)/b20-11+. The van der Waals surface area contributed by atoms with Gasteiger partial charge in [-0.15, -0.1) is 0 Å². The quantitative estimate of drug-likeness (QED) is 0.467. The first-order chi connectivity index (χ1) is 12.1. The van der Waals surface area contributed by atoms with Crippen molar-refractivity contribution in [2.75, 3.05) is 13.2 Å². The molecule has 7 heteroatoms. The molecule has 0 spiro atoms. The summed E-state index contributed by atoms with van der Waals surface area (Å²) in [5.74, 6) is -0.212. The zero-order chi connectivity index (χ0) is 18.1. The molecule has 0 aliphatic carbocycles. The second kappa shape index (κ2) is 9.44. The number of amides is 1. The van der Waals surface area contributed by atoms with Crippen LogP contribution in [0.4, 0.5) is 0 Å². The highest BCUT2D eigenvalue weighted by molar-refractivity contribution is 6.30. The Morgan fingerprint density at radius 1 is 1.12 bits per heavy atom. The fourth-order valence-electron chi connectivity index (χ4n) is 1.83. The van der Waals surface area contributed by atoms with Gasteiger partial charge in [-0.2, -0.15) is 5.10 Å². The van der Waals surface area contributed by atoms with Gasteiger partial charge in [-0.05, 0) is 61.0 Å². The molecule has 0 saturated carbocycles. The number of halogens is 1. The van der Waals surface area contributed by atoms with Crippen LogP contribution < -0.4 is 10.2 Å². The van der Waals surface area contributed by atoms with Crippen LogP contribution in [-0.2, 0) is 9.53 Å². The molecular weight excluding hydrogens is 344 g/mol. The summed E-state index contributed by atoms with van der Waals surface area (Å²) in [5.41, 5.74) is 3.66. The molecule has 2 aromatic carbocycles. The minimum absolute atomic E-state index is 0.140. The van der Waals surface area contributed by atoms with Gasteiger partial charge in [0, 0.05) is 10.6 Å². The summed E-state index contributed by atoms with van der Waals surface area (Å²) < 4.78 is 10.1. The highest BCUT2D eigenvalue weighted by Crippen LogP contribution is 2.11. The first-order valence-electron chi connectivity index (χ1n) is 7.56. The minimum atomic E-state index is -0.418. The number of hydrazone groups is 1. The fourth-order valence-corrected chi connectivity index (χ4v) is 1.95. The van der Waals surface area contributed by atoms with Crippen molar-refractivity contribution in [3.63, 3.8) is 0 Å². The first-order valence-corrected chi connectivity index (χ1v) is 7.93. The lowest BCUT2D eigenvalue weighted by molar-refractivity contribution is -0.145. The van der Waals surface area contributed by atoms with Crippen molar-refractivity contribution in [1.29, 1.82) is 0 Å². The Labute approximate surface area is 150 Å². The summed E-state index contributed by atoms with van der Waals surface area (Å²) in [6, 6.07) is 13.4.